The van der Waals surface area contributed by atoms with Crippen LogP contribution < -0.4 is 15.4 Å². The van der Waals surface area contributed by atoms with Crippen molar-refractivity contribution in [3.05, 3.63) is 82.6 Å². The first kappa shape index (κ1) is 33.8. The summed E-state index contributed by atoms with van der Waals surface area (Å²) < 4.78 is 6.26. The number of carbonyl (C=O) groups is 1. The number of nitrogens with zero attached hydrogens (tertiary/aromatic N) is 1. The Hall–Kier alpha value is -3.09. The number of hydrogen-bond acceptors (Lipinski definition) is 9. The highest BCUT2D eigenvalue weighted by atomic mass is 35.5. The van der Waals surface area contributed by atoms with Crippen molar-refractivity contribution in [2.75, 3.05) is 13.2 Å². The Morgan fingerprint density at radius 2 is 1.77 bits per heavy atom. The normalized spacial score (nSPS) is 20.1. The summed E-state index contributed by atoms with van der Waals surface area (Å²) >= 11 is 6.72. The van der Waals surface area contributed by atoms with E-state index in [9.17, 15) is 25.2 Å². The zero-order valence-corrected chi connectivity index (χ0v) is 27.1. The Kier molecular flexibility index (Phi) is 10.2. The van der Waals surface area contributed by atoms with Crippen molar-refractivity contribution in [3.8, 4) is 16.9 Å². The average Bonchev–Trinajstić information content (AvgIpc) is 3.97. The summed E-state index contributed by atoms with van der Waals surface area (Å²) in [6, 6.07) is 16.5. The van der Waals surface area contributed by atoms with Crippen LogP contribution in [0.15, 0.2) is 60.9 Å². The highest BCUT2D eigenvalue weighted by Gasteiger charge is 2.47. The molecule has 0 bridgehead atoms. The zero-order valence-electron chi connectivity index (χ0n) is 26.3. The maximum atomic E-state index is 12.3. The first-order valence-electron chi connectivity index (χ1n) is 16.5. The van der Waals surface area contributed by atoms with E-state index in [-0.39, 0.29) is 17.5 Å². The van der Waals surface area contributed by atoms with E-state index in [0.29, 0.717) is 24.1 Å². The number of nitrogens with one attached hydrogen (secondary N) is 2. The van der Waals surface area contributed by atoms with Gasteiger partial charge >= 0.3 is 0 Å². The molecule has 0 radical (unpaired) electrons. The number of aliphatic hydroxyl groups excluding tert-OH is 5. The fraction of sp³-hybridized carbons (Fsp3) is 0.500. The Labute approximate surface area is 279 Å². The molecule has 4 atom stereocenters. The number of ether oxygens (including phenoxy) is 1. The molecule has 3 fully saturated rings. The molecule has 0 aliphatic heterocycles. The van der Waals surface area contributed by atoms with Crippen molar-refractivity contribution in [1.82, 2.24) is 15.6 Å². The third-order valence-electron chi connectivity index (χ3n) is 9.87. The van der Waals surface area contributed by atoms with Crippen LogP contribution in [0.4, 0.5) is 0 Å². The van der Waals surface area contributed by atoms with Crippen LogP contribution in [0.2, 0.25) is 5.02 Å². The fourth-order valence-corrected chi connectivity index (χ4v) is 6.58. The van der Waals surface area contributed by atoms with Crippen LogP contribution in [0.5, 0.6) is 5.75 Å². The minimum absolute atomic E-state index is 0.0112. The quantitative estimate of drug-likeness (QED) is 0.107. The van der Waals surface area contributed by atoms with Crippen LogP contribution in [-0.4, -0.2) is 80.1 Å². The van der Waals surface area contributed by atoms with Gasteiger partial charge in [0, 0.05) is 41.6 Å². The van der Waals surface area contributed by atoms with E-state index in [1.54, 1.807) is 0 Å². The predicted octanol–water partition coefficient (Wildman–Crippen LogP) is 3.09. The summed E-state index contributed by atoms with van der Waals surface area (Å²) in [5.74, 6) is 0.0600. The molecule has 0 spiro atoms. The van der Waals surface area contributed by atoms with Gasteiger partial charge in [-0.15, -0.1) is 0 Å². The number of aromatic nitrogens is 1. The van der Waals surface area contributed by atoms with Crippen LogP contribution >= 0.6 is 11.6 Å². The SMILES string of the molecule is O=C(NCCCC1(c2ccc(Cl)c(CNC3(c4cnccc4-c4ccccc4OC4CC4)CC3)c2)CC1)[C@@H](O)[C@@H](O)[C@H](O)[C@@H](O)CO. The Morgan fingerprint density at radius 1 is 1.00 bits per heavy atom. The smallest absolute Gasteiger partial charge is 0.251 e. The third-order valence-corrected chi connectivity index (χ3v) is 10.2. The third kappa shape index (κ3) is 7.65. The van der Waals surface area contributed by atoms with Gasteiger partial charge in [-0.05, 0) is 97.2 Å². The van der Waals surface area contributed by atoms with Gasteiger partial charge in [0.05, 0.1) is 12.7 Å². The standard InChI is InChI=1S/C36H44ClN3O7/c37-28-9-6-23(35(12-13-35)11-3-16-39-34(46)33(45)32(44)31(43)29(42)21-41)18-22(28)19-40-36(14-15-36)27-20-38-17-10-25(27)26-4-1-2-5-30(26)47-24-7-8-24/h1-2,4-6,9-10,17-18,20,24,29,31-33,40-45H,3,7-8,11-16,19,21H2,(H,39,46)/t29-,31+,32-,33-/m0/s1. The molecule has 3 aliphatic rings. The van der Waals surface area contributed by atoms with E-state index in [0.717, 1.165) is 72.9 Å². The first-order valence-corrected chi connectivity index (χ1v) is 16.9. The fourth-order valence-electron chi connectivity index (χ4n) is 6.39. The molecule has 3 aromatic rings. The van der Waals surface area contributed by atoms with Gasteiger partial charge in [-0.2, -0.15) is 0 Å². The number of para-hydroxylation sites is 1. The number of rotatable bonds is 17. The van der Waals surface area contributed by atoms with Crippen molar-refractivity contribution in [2.24, 2.45) is 0 Å². The van der Waals surface area contributed by atoms with Crippen molar-refractivity contribution in [3.63, 3.8) is 0 Å². The lowest BCUT2D eigenvalue weighted by atomic mass is 9.89. The molecule has 11 heteroatoms. The molecule has 10 nitrogen and oxygen atoms in total. The molecule has 0 saturated heterocycles. The lowest BCUT2D eigenvalue weighted by molar-refractivity contribution is -0.148. The summed E-state index contributed by atoms with van der Waals surface area (Å²) in [4.78, 5) is 16.8. The Balaban J connectivity index is 1.07. The summed E-state index contributed by atoms with van der Waals surface area (Å²) in [7, 11) is 0. The molecule has 1 aromatic heterocycles. The van der Waals surface area contributed by atoms with E-state index in [2.05, 4.69) is 39.9 Å². The molecular weight excluding hydrogens is 622 g/mol. The molecule has 1 heterocycles. The number of aliphatic hydroxyl groups is 5. The Bertz CT molecular complexity index is 1560. The van der Waals surface area contributed by atoms with Gasteiger partial charge in [-0.1, -0.05) is 41.9 Å². The molecule has 1 amide bonds. The maximum Gasteiger partial charge on any atom is 0.251 e. The van der Waals surface area contributed by atoms with Crippen LogP contribution in [-0.2, 0) is 22.3 Å². The van der Waals surface area contributed by atoms with Crippen LogP contribution in [0.25, 0.3) is 11.1 Å². The molecule has 252 valence electrons. The molecule has 2 aromatic carbocycles. The minimum atomic E-state index is -1.93. The average molecular weight is 666 g/mol. The lowest BCUT2D eigenvalue weighted by Gasteiger charge is -2.25. The predicted molar refractivity (Wildman–Crippen MR) is 177 cm³/mol. The number of halogens is 1. The van der Waals surface area contributed by atoms with Gasteiger partial charge in [-0.25, -0.2) is 0 Å². The van der Waals surface area contributed by atoms with Crippen LogP contribution in [0.1, 0.15) is 68.1 Å². The summed E-state index contributed by atoms with van der Waals surface area (Å²) in [5.41, 5.74) is 5.40. The van der Waals surface area contributed by atoms with Gasteiger partial charge in [0.2, 0.25) is 0 Å². The first-order chi connectivity index (χ1) is 22.7. The van der Waals surface area contributed by atoms with Gasteiger partial charge in [-0.3, -0.25) is 9.78 Å². The summed E-state index contributed by atoms with van der Waals surface area (Å²) in [5, 5.41) is 55.3. The minimum Gasteiger partial charge on any atom is -0.490 e. The van der Waals surface area contributed by atoms with Gasteiger partial charge < -0.3 is 40.9 Å². The molecule has 7 N–H and O–H groups in total. The van der Waals surface area contributed by atoms with Crippen molar-refractivity contribution in [2.45, 2.75) is 99.4 Å². The lowest BCUT2D eigenvalue weighted by Crippen LogP contribution is -2.51. The topological polar surface area (TPSA) is 164 Å². The summed E-state index contributed by atoms with van der Waals surface area (Å²) in [6.07, 6.45) is 4.42. The highest BCUT2D eigenvalue weighted by molar-refractivity contribution is 6.31. The van der Waals surface area contributed by atoms with E-state index in [4.69, 9.17) is 21.4 Å². The molecular formula is C36H44ClN3O7. The second-order valence-electron chi connectivity index (χ2n) is 13.3. The molecule has 3 saturated carbocycles. The number of benzene rings is 2. The van der Waals surface area contributed by atoms with E-state index >= 15 is 0 Å². The largest absolute Gasteiger partial charge is 0.490 e. The monoisotopic (exact) mass is 665 g/mol. The van der Waals surface area contributed by atoms with E-state index < -0.39 is 36.9 Å². The number of carbonyl (C=O) groups excluding carboxylic acids is 1. The Morgan fingerprint density at radius 3 is 2.47 bits per heavy atom. The number of hydrogen-bond donors (Lipinski definition) is 7. The van der Waals surface area contributed by atoms with Gasteiger partial charge in [0.15, 0.2) is 6.10 Å². The van der Waals surface area contributed by atoms with E-state index in [1.807, 2.05) is 36.7 Å². The zero-order chi connectivity index (χ0) is 33.2. The molecule has 47 heavy (non-hydrogen) atoms. The second-order valence-corrected chi connectivity index (χ2v) is 13.7. The van der Waals surface area contributed by atoms with Crippen molar-refractivity contribution >= 4 is 17.5 Å². The molecule has 0 unspecified atom stereocenters. The van der Waals surface area contributed by atoms with Gasteiger partial charge in [0.1, 0.15) is 24.1 Å². The number of amides is 1. The molecule has 3 aliphatic carbocycles. The van der Waals surface area contributed by atoms with Crippen LogP contribution in [0, 0.1) is 0 Å². The van der Waals surface area contributed by atoms with Crippen molar-refractivity contribution < 1.29 is 35.1 Å². The highest BCUT2D eigenvalue weighted by Crippen LogP contribution is 2.53. The van der Waals surface area contributed by atoms with Gasteiger partial charge in [0.25, 0.3) is 5.91 Å². The van der Waals surface area contributed by atoms with E-state index in [1.165, 1.54) is 5.56 Å². The van der Waals surface area contributed by atoms with Crippen molar-refractivity contribution in [1.29, 1.82) is 0 Å². The summed E-state index contributed by atoms with van der Waals surface area (Å²) in [6.45, 7) is 0.0643. The van der Waals surface area contributed by atoms with Crippen LogP contribution in [0.3, 0.4) is 0 Å². The number of pyridine rings is 1. The maximum absolute atomic E-state index is 12.3. The molecule has 6 rings (SSSR count). The second kappa shape index (κ2) is 14.2.